The van der Waals surface area contributed by atoms with Crippen LogP contribution in [-0.2, 0) is 13.6 Å². The largest absolute Gasteiger partial charge is 0.353 e. The lowest BCUT2D eigenvalue weighted by Crippen LogP contribution is -2.52. The van der Waals surface area contributed by atoms with Gasteiger partial charge in [0.05, 0.1) is 12.1 Å². The molecule has 24 heavy (non-hydrogen) atoms. The van der Waals surface area contributed by atoms with E-state index in [0.29, 0.717) is 6.04 Å². The molecule has 0 amide bonds. The topological polar surface area (TPSA) is 50.1 Å². The molecule has 0 bridgehead atoms. The predicted molar refractivity (Wildman–Crippen MR) is 94.8 cm³/mol. The van der Waals surface area contributed by atoms with E-state index in [1.165, 1.54) is 0 Å². The van der Waals surface area contributed by atoms with Gasteiger partial charge in [0, 0.05) is 50.5 Å². The second kappa shape index (κ2) is 6.20. The Balaban J connectivity index is 1.53. The van der Waals surface area contributed by atoms with Crippen molar-refractivity contribution in [3.8, 4) is 0 Å². The first kappa shape index (κ1) is 15.1. The molecule has 6 nitrogen and oxygen atoms in total. The molecule has 1 aliphatic rings. The van der Waals surface area contributed by atoms with Crippen molar-refractivity contribution >= 4 is 16.7 Å². The van der Waals surface area contributed by atoms with Crippen LogP contribution in [0.4, 0.5) is 5.82 Å². The number of aryl methyl sites for hydroxylation is 1. The molecular weight excluding hydrogens is 300 g/mol. The average molecular weight is 322 g/mol. The smallest absolute Gasteiger partial charge is 0.139 e. The van der Waals surface area contributed by atoms with Gasteiger partial charge in [0.1, 0.15) is 18.0 Å². The van der Waals surface area contributed by atoms with E-state index in [9.17, 15) is 0 Å². The van der Waals surface area contributed by atoms with Crippen molar-refractivity contribution in [1.29, 1.82) is 0 Å². The monoisotopic (exact) mass is 322 g/mol. The summed E-state index contributed by atoms with van der Waals surface area (Å²) in [4.78, 5) is 18.2. The van der Waals surface area contributed by atoms with E-state index in [1.54, 1.807) is 6.33 Å². The standard InChI is InChI=1S/C18H22N6/c1-14-11-24(10-9-23(14)12-17-19-7-8-22(17)2)18-15-5-3-4-6-16(15)20-13-21-18/h3-8,13-14H,9-12H2,1-2H3/t14-/m1/s1. The van der Waals surface area contributed by atoms with Gasteiger partial charge in [-0.1, -0.05) is 12.1 Å². The van der Waals surface area contributed by atoms with Crippen molar-refractivity contribution in [2.75, 3.05) is 24.5 Å². The second-order valence-corrected chi connectivity index (χ2v) is 6.43. The molecule has 1 aliphatic heterocycles. The molecule has 0 aliphatic carbocycles. The summed E-state index contributed by atoms with van der Waals surface area (Å²) < 4.78 is 2.09. The Morgan fingerprint density at radius 2 is 2.00 bits per heavy atom. The fourth-order valence-electron chi connectivity index (χ4n) is 3.40. The molecule has 0 radical (unpaired) electrons. The molecule has 3 heterocycles. The minimum atomic E-state index is 0.448. The fourth-order valence-corrected chi connectivity index (χ4v) is 3.40. The lowest BCUT2D eigenvalue weighted by molar-refractivity contribution is 0.175. The molecule has 0 saturated carbocycles. The summed E-state index contributed by atoms with van der Waals surface area (Å²) in [6.45, 7) is 6.11. The van der Waals surface area contributed by atoms with Gasteiger partial charge in [0.2, 0.25) is 0 Å². The molecule has 0 N–H and O–H groups in total. The minimum Gasteiger partial charge on any atom is -0.353 e. The SMILES string of the molecule is C[C@@H]1CN(c2ncnc3ccccc23)CCN1Cc1nccn1C. The highest BCUT2D eigenvalue weighted by Crippen LogP contribution is 2.25. The molecular formula is C18H22N6. The zero-order valence-corrected chi connectivity index (χ0v) is 14.1. The summed E-state index contributed by atoms with van der Waals surface area (Å²) in [5.74, 6) is 2.16. The second-order valence-electron chi connectivity index (χ2n) is 6.43. The zero-order chi connectivity index (χ0) is 16.5. The number of hydrogen-bond donors (Lipinski definition) is 0. The van der Waals surface area contributed by atoms with Crippen molar-refractivity contribution < 1.29 is 0 Å². The highest BCUT2D eigenvalue weighted by molar-refractivity contribution is 5.89. The predicted octanol–water partition coefficient (Wildman–Crippen LogP) is 2.07. The summed E-state index contributed by atoms with van der Waals surface area (Å²) >= 11 is 0. The van der Waals surface area contributed by atoms with E-state index in [0.717, 1.165) is 48.7 Å². The Morgan fingerprint density at radius 3 is 2.79 bits per heavy atom. The Labute approximate surface area is 141 Å². The molecule has 0 spiro atoms. The van der Waals surface area contributed by atoms with E-state index >= 15 is 0 Å². The molecule has 1 saturated heterocycles. The average Bonchev–Trinajstić information content (AvgIpc) is 3.01. The zero-order valence-electron chi connectivity index (χ0n) is 14.1. The van der Waals surface area contributed by atoms with Gasteiger partial charge in [0.25, 0.3) is 0 Å². The summed E-state index contributed by atoms with van der Waals surface area (Å²) in [5.41, 5.74) is 1.01. The van der Waals surface area contributed by atoms with Crippen molar-refractivity contribution in [2.45, 2.75) is 19.5 Å². The molecule has 4 rings (SSSR count). The Kier molecular flexibility index (Phi) is 3.90. The number of para-hydroxylation sites is 1. The Morgan fingerprint density at radius 1 is 1.12 bits per heavy atom. The molecule has 3 aromatic rings. The number of fused-ring (bicyclic) bond motifs is 1. The maximum absolute atomic E-state index is 4.56. The van der Waals surface area contributed by atoms with Crippen LogP contribution in [0.3, 0.4) is 0 Å². The van der Waals surface area contributed by atoms with Crippen LogP contribution in [-0.4, -0.2) is 50.1 Å². The van der Waals surface area contributed by atoms with Gasteiger partial charge in [-0.2, -0.15) is 0 Å². The summed E-state index contributed by atoms with van der Waals surface area (Å²) in [6.07, 6.45) is 5.54. The van der Waals surface area contributed by atoms with Crippen molar-refractivity contribution in [3.05, 3.63) is 48.8 Å². The van der Waals surface area contributed by atoms with Crippen LogP contribution < -0.4 is 4.90 Å². The maximum atomic E-state index is 4.56. The number of imidazole rings is 1. The normalized spacial score (nSPS) is 19.1. The number of hydrogen-bond acceptors (Lipinski definition) is 5. The van der Waals surface area contributed by atoms with Crippen LogP contribution in [0.1, 0.15) is 12.7 Å². The third-order valence-corrected chi connectivity index (χ3v) is 4.85. The molecule has 0 unspecified atom stereocenters. The number of anilines is 1. The van der Waals surface area contributed by atoms with Crippen LogP contribution in [0.2, 0.25) is 0 Å². The van der Waals surface area contributed by atoms with Gasteiger partial charge >= 0.3 is 0 Å². The Hall–Kier alpha value is -2.47. The fraction of sp³-hybridized carbons (Fsp3) is 0.389. The lowest BCUT2D eigenvalue weighted by Gasteiger charge is -2.40. The maximum Gasteiger partial charge on any atom is 0.139 e. The first-order valence-electron chi connectivity index (χ1n) is 8.37. The summed E-state index contributed by atoms with van der Waals surface area (Å²) in [5, 5.41) is 1.13. The Bertz CT molecular complexity index is 837. The van der Waals surface area contributed by atoms with Crippen molar-refractivity contribution in [2.24, 2.45) is 7.05 Å². The van der Waals surface area contributed by atoms with Gasteiger partial charge in [-0.05, 0) is 19.1 Å². The summed E-state index contributed by atoms with van der Waals surface area (Å²) in [6, 6.07) is 8.67. The number of piperazine rings is 1. The van der Waals surface area contributed by atoms with Crippen molar-refractivity contribution in [3.63, 3.8) is 0 Å². The van der Waals surface area contributed by atoms with Crippen LogP contribution in [0.15, 0.2) is 43.0 Å². The number of aromatic nitrogens is 4. The van der Waals surface area contributed by atoms with Crippen LogP contribution in [0.5, 0.6) is 0 Å². The first-order chi connectivity index (χ1) is 11.7. The minimum absolute atomic E-state index is 0.448. The first-order valence-corrected chi connectivity index (χ1v) is 8.37. The molecule has 1 fully saturated rings. The highest BCUT2D eigenvalue weighted by Gasteiger charge is 2.26. The lowest BCUT2D eigenvalue weighted by atomic mass is 10.1. The molecule has 6 heteroatoms. The summed E-state index contributed by atoms with van der Waals surface area (Å²) in [7, 11) is 2.05. The van der Waals surface area contributed by atoms with Gasteiger partial charge < -0.3 is 9.47 Å². The molecule has 2 aromatic heterocycles. The van der Waals surface area contributed by atoms with Crippen LogP contribution >= 0.6 is 0 Å². The van der Waals surface area contributed by atoms with Crippen LogP contribution in [0.25, 0.3) is 10.9 Å². The van der Waals surface area contributed by atoms with Gasteiger partial charge in [0.15, 0.2) is 0 Å². The third-order valence-electron chi connectivity index (χ3n) is 4.85. The van der Waals surface area contributed by atoms with Crippen molar-refractivity contribution in [1.82, 2.24) is 24.4 Å². The van der Waals surface area contributed by atoms with E-state index in [1.807, 2.05) is 24.5 Å². The van der Waals surface area contributed by atoms with E-state index in [2.05, 4.69) is 55.4 Å². The number of nitrogens with zero attached hydrogens (tertiary/aromatic N) is 6. The van der Waals surface area contributed by atoms with E-state index in [4.69, 9.17) is 0 Å². The van der Waals surface area contributed by atoms with E-state index in [-0.39, 0.29) is 0 Å². The van der Waals surface area contributed by atoms with Gasteiger partial charge in [-0.15, -0.1) is 0 Å². The third kappa shape index (κ3) is 2.73. The quantitative estimate of drug-likeness (QED) is 0.739. The molecule has 1 atom stereocenters. The van der Waals surface area contributed by atoms with E-state index < -0.39 is 0 Å². The highest BCUT2D eigenvalue weighted by atomic mass is 15.3. The van der Waals surface area contributed by atoms with Gasteiger partial charge in [-0.3, -0.25) is 4.90 Å². The van der Waals surface area contributed by atoms with Crippen LogP contribution in [0, 0.1) is 0 Å². The number of benzene rings is 1. The molecule has 1 aromatic carbocycles. The van der Waals surface area contributed by atoms with Gasteiger partial charge in [-0.25, -0.2) is 15.0 Å². The number of rotatable bonds is 3. The molecule has 124 valence electrons.